The summed E-state index contributed by atoms with van der Waals surface area (Å²) < 4.78 is 0. The lowest BCUT2D eigenvalue weighted by Gasteiger charge is -2.08. The molecule has 1 aromatic rings. The van der Waals surface area contributed by atoms with Crippen LogP contribution in [0, 0.1) is 10.1 Å². The number of nitrogens with one attached hydrogen (secondary N) is 3. The molecule has 0 heterocycles. The molecule has 0 saturated heterocycles. The highest BCUT2D eigenvalue weighted by Gasteiger charge is 2.17. The summed E-state index contributed by atoms with van der Waals surface area (Å²) in [5, 5.41) is 18.5. The highest BCUT2D eigenvalue weighted by Crippen LogP contribution is 2.25. The Morgan fingerprint density at radius 2 is 2.05 bits per heavy atom. The van der Waals surface area contributed by atoms with Crippen molar-refractivity contribution in [2.45, 2.75) is 6.92 Å². The van der Waals surface area contributed by atoms with E-state index in [9.17, 15) is 19.7 Å². The van der Waals surface area contributed by atoms with Crippen LogP contribution in [0.3, 0.4) is 0 Å². The van der Waals surface area contributed by atoms with Gasteiger partial charge in [0.2, 0.25) is 5.91 Å². The minimum absolute atomic E-state index is 0.115. The van der Waals surface area contributed by atoms with Gasteiger partial charge >= 0.3 is 0 Å². The van der Waals surface area contributed by atoms with Gasteiger partial charge in [-0.1, -0.05) is 0 Å². The number of carbonyl (C=O) groups is 2. The van der Waals surface area contributed by atoms with Gasteiger partial charge in [0.15, 0.2) is 0 Å². The molecule has 0 aliphatic heterocycles. The van der Waals surface area contributed by atoms with Gasteiger partial charge in [-0.3, -0.25) is 19.7 Å². The molecule has 108 valence electrons. The van der Waals surface area contributed by atoms with E-state index in [1.165, 1.54) is 25.2 Å². The Morgan fingerprint density at radius 3 is 2.60 bits per heavy atom. The van der Waals surface area contributed by atoms with Crippen molar-refractivity contribution >= 4 is 23.2 Å². The van der Waals surface area contributed by atoms with E-state index in [2.05, 4.69) is 16.0 Å². The van der Waals surface area contributed by atoms with E-state index < -0.39 is 4.92 Å². The minimum atomic E-state index is -0.576. The predicted octanol–water partition coefficient (Wildman–Crippen LogP) is 0.502. The normalized spacial score (nSPS) is 9.70. The number of nitro groups is 1. The maximum Gasteiger partial charge on any atom is 0.292 e. The number of benzene rings is 1. The van der Waals surface area contributed by atoms with E-state index in [1.807, 2.05) is 0 Å². The van der Waals surface area contributed by atoms with E-state index >= 15 is 0 Å². The summed E-state index contributed by atoms with van der Waals surface area (Å²) in [4.78, 5) is 33.2. The molecule has 1 rings (SSSR count). The fourth-order valence-corrected chi connectivity index (χ4v) is 1.50. The van der Waals surface area contributed by atoms with Gasteiger partial charge in [-0.25, -0.2) is 0 Å². The highest BCUT2D eigenvalue weighted by atomic mass is 16.6. The number of likely N-dealkylation sites (N-methyl/N-ethyl adjacent to an activating group) is 1. The first-order valence-electron chi connectivity index (χ1n) is 6.00. The van der Waals surface area contributed by atoms with Crippen molar-refractivity contribution in [3.05, 3.63) is 33.9 Å². The molecular weight excluding hydrogens is 264 g/mol. The molecule has 0 spiro atoms. The third kappa shape index (κ3) is 3.94. The molecule has 3 N–H and O–H groups in total. The van der Waals surface area contributed by atoms with Gasteiger partial charge < -0.3 is 16.0 Å². The number of rotatable bonds is 6. The Kier molecular flexibility index (Phi) is 5.45. The van der Waals surface area contributed by atoms with Gasteiger partial charge in [-0.15, -0.1) is 0 Å². The van der Waals surface area contributed by atoms with Crippen LogP contribution in [0.25, 0.3) is 0 Å². The first-order valence-corrected chi connectivity index (χ1v) is 6.00. The Labute approximate surface area is 115 Å². The molecule has 0 bridgehead atoms. The first-order chi connectivity index (χ1) is 9.49. The number of hydrogen-bond acceptors (Lipinski definition) is 5. The molecule has 0 unspecified atom stereocenters. The SMILES string of the molecule is CCNC(=O)c1ccc([N+](=O)[O-])c(NCC(=O)NC)c1. The third-order valence-electron chi connectivity index (χ3n) is 2.51. The van der Waals surface area contributed by atoms with Crippen LogP contribution in [0.4, 0.5) is 11.4 Å². The van der Waals surface area contributed by atoms with Crippen molar-refractivity contribution in [2.24, 2.45) is 0 Å². The summed E-state index contributed by atoms with van der Waals surface area (Å²) in [5.41, 5.74) is 0.223. The minimum Gasteiger partial charge on any atom is -0.371 e. The van der Waals surface area contributed by atoms with Crippen LogP contribution in [-0.2, 0) is 4.79 Å². The lowest BCUT2D eigenvalue weighted by molar-refractivity contribution is -0.383. The average molecular weight is 280 g/mol. The maximum atomic E-state index is 11.7. The summed E-state index contributed by atoms with van der Waals surface area (Å²) in [5.74, 6) is -0.645. The van der Waals surface area contributed by atoms with E-state index in [4.69, 9.17) is 0 Å². The van der Waals surface area contributed by atoms with Crippen molar-refractivity contribution in [2.75, 3.05) is 25.5 Å². The molecule has 1 aromatic carbocycles. The van der Waals surface area contributed by atoms with E-state index in [0.717, 1.165) is 0 Å². The molecule has 0 aromatic heterocycles. The molecule has 20 heavy (non-hydrogen) atoms. The van der Waals surface area contributed by atoms with Gasteiger partial charge in [0.1, 0.15) is 5.69 Å². The van der Waals surface area contributed by atoms with Crippen molar-refractivity contribution in [3.63, 3.8) is 0 Å². The predicted molar refractivity (Wildman–Crippen MR) is 73.7 cm³/mol. The smallest absolute Gasteiger partial charge is 0.292 e. The Bertz CT molecular complexity index is 530. The number of hydrogen-bond donors (Lipinski definition) is 3. The summed E-state index contributed by atoms with van der Waals surface area (Å²) in [6.07, 6.45) is 0. The van der Waals surface area contributed by atoms with Gasteiger partial charge in [-0.2, -0.15) is 0 Å². The zero-order valence-corrected chi connectivity index (χ0v) is 11.2. The van der Waals surface area contributed by atoms with Crippen LogP contribution in [0.2, 0.25) is 0 Å². The second-order valence-corrected chi connectivity index (χ2v) is 3.88. The van der Waals surface area contributed by atoms with Crippen LogP contribution in [0.1, 0.15) is 17.3 Å². The lowest BCUT2D eigenvalue weighted by atomic mass is 10.1. The van der Waals surface area contributed by atoms with E-state index in [-0.39, 0.29) is 35.3 Å². The van der Waals surface area contributed by atoms with Gasteiger partial charge in [0.05, 0.1) is 11.5 Å². The number of carbonyl (C=O) groups excluding carboxylic acids is 2. The standard InChI is InChI=1S/C12H16N4O4/c1-3-14-12(18)8-4-5-10(16(19)20)9(6-8)15-7-11(17)13-2/h4-6,15H,3,7H2,1-2H3,(H,13,17)(H,14,18). The fourth-order valence-electron chi connectivity index (χ4n) is 1.50. The molecule has 0 saturated carbocycles. The van der Waals surface area contributed by atoms with E-state index in [1.54, 1.807) is 6.92 Å². The first kappa shape index (κ1) is 15.4. The van der Waals surface area contributed by atoms with Crippen molar-refractivity contribution in [1.29, 1.82) is 0 Å². The Balaban J connectivity index is 3.02. The molecule has 0 radical (unpaired) electrons. The molecular formula is C12H16N4O4. The van der Waals surface area contributed by atoms with Crippen LogP contribution in [0.5, 0.6) is 0 Å². The third-order valence-corrected chi connectivity index (χ3v) is 2.51. The molecule has 8 heteroatoms. The zero-order chi connectivity index (χ0) is 15.1. The topological polar surface area (TPSA) is 113 Å². The molecule has 2 amide bonds. The van der Waals surface area contributed by atoms with Gasteiger partial charge in [-0.05, 0) is 19.1 Å². The lowest BCUT2D eigenvalue weighted by Crippen LogP contribution is -2.27. The van der Waals surface area contributed by atoms with Crippen LogP contribution < -0.4 is 16.0 Å². The van der Waals surface area contributed by atoms with Crippen molar-refractivity contribution in [3.8, 4) is 0 Å². The van der Waals surface area contributed by atoms with E-state index in [0.29, 0.717) is 6.54 Å². The Hall–Kier alpha value is -2.64. The molecule has 0 aliphatic carbocycles. The summed E-state index contributed by atoms with van der Waals surface area (Å²) >= 11 is 0. The summed E-state index contributed by atoms with van der Waals surface area (Å²) in [6.45, 7) is 2.11. The van der Waals surface area contributed by atoms with Gasteiger partial charge in [0.25, 0.3) is 11.6 Å². The number of nitro benzene ring substituents is 1. The van der Waals surface area contributed by atoms with Crippen molar-refractivity contribution in [1.82, 2.24) is 10.6 Å². The molecule has 0 aliphatic rings. The average Bonchev–Trinajstić information content (AvgIpc) is 2.44. The van der Waals surface area contributed by atoms with Gasteiger partial charge in [0, 0.05) is 25.2 Å². The second-order valence-electron chi connectivity index (χ2n) is 3.88. The zero-order valence-electron chi connectivity index (χ0n) is 11.2. The fraction of sp³-hybridized carbons (Fsp3) is 0.333. The van der Waals surface area contributed by atoms with Crippen LogP contribution in [0.15, 0.2) is 18.2 Å². The summed E-state index contributed by atoms with van der Waals surface area (Å²) in [6, 6.07) is 3.96. The van der Waals surface area contributed by atoms with Crippen LogP contribution in [-0.4, -0.2) is 36.9 Å². The number of anilines is 1. The molecule has 0 atom stereocenters. The molecule has 0 fully saturated rings. The Morgan fingerprint density at radius 1 is 1.35 bits per heavy atom. The number of amides is 2. The molecule has 8 nitrogen and oxygen atoms in total. The second kappa shape index (κ2) is 7.07. The summed E-state index contributed by atoms with van der Waals surface area (Å²) in [7, 11) is 1.46. The highest BCUT2D eigenvalue weighted by molar-refractivity contribution is 5.96. The quantitative estimate of drug-likeness (QED) is 0.519. The maximum absolute atomic E-state index is 11.7. The van der Waals surface area contributed by atoms with Crippen molar-refractivity contribution < 1.29 is 14.5 Å². The van der Waals surface area contributed by atoms with Crippen LogP contribution >= 0.6 is 0 Å². The number of nitrogens with zero attached hydrogens (tertiary/aromatic N) is 1. The monoisotopic (exact) mass is 280 g/mol. The largest absolute Gasteiger partial charge is 0.371 e.